The van der Waals surface area contributed by atoms with Gasteiger partial charge in [-0.2, -0.15) is 0 Å². The average Bonchev–Trinajstić information content (AvgIpc) is 2.49. The second kappa shape index (κ2) is 9.77. The van der Waals surface area contributed by atoms with Gasteiger partial charge < -0.3 is 15.2 Å². The Hall–Kier alpha value is -2.08. The molecule has 21 heavy (non-hydrogen) atoms. The van der Waals surface area contributed by atoms with Crippen LogP contribution in [-0.2, 0) is 9.53 Å². The molecule has 116 valence electrons. The second-order valence-corrected chi connectivity index (χ2v) is 4.60. The summed E-state index contributed by atoms with van der Waals surface area (Å²) in [4.78, 5) is 24.2. The van der Waals surface area contributed by atoms with E-state index in [9.17, 15) is 9.59 Å². The molecule has 0 saturated carbocycles. The number of hydrogen-bond acceptors (Lipinski definition) is 3. The van der Waals surface area contributed by atoms with Gasteiger partial charge in [0.05, 0.1) is 0 Å². The van der Waals surface area contributed by atoms with Gasteiger partial charge in [0.15, 0.2) is 0 Å². The molecule has 6 heteroatoms. The van der Waals surface area contributed by atoms with Crippen LogP contribution in [0.3, 0.4) is 0 Å². The molecular weight excluding hydrogens is 272 g/mol. The van der Waals surface area contributed by atoms with Gasteiger partial charge in [-0.3, -0.25) is 9.69 Å². The van der Waals surface area contributed by atoms with E-state index < -0.39 is 12.0 Å². The van der Waals surface area contributed by atoms with Gasteiger partial charge >= 0.3 is 12.0 Å². The minimum Gasteiger partial charge on any atom is -0.480 e. The fourth-order valence-electron chi connectivity index (χ4n) is 1.86. The molecule has 0 atom stereocenters. The minimum atomic E-state index is -1.05. The standard InChI is InChI=1S/C15H22N2O4/c1-21-11-7-3-6-10-16-15(20)17(12-14(18)19)13-8-4-2-5-9-13/h2,4-5,8-9H,3,6-7,10-12H2,1H3,(H,16,20)(H,18,19). The lowest BCUT2D eigenvalue weighted by atomic mass is 10.2. The SMILES string of the molecule is COCCCCCNC(=O)N(CC(=O)O)c1ccccc1. The van der Waals surface area contributed by atoms with Gasteiger partial charge in [0.1, 0.15) is 6.54 Å². The molecular formula is C15H22N2O4. The lowest BCUT2D eigenvalue weighted by Gasteiger charge is -2.21. The van der Waals surface area contributed by atoms with Gasteiger partial charge in [0.2, 0.25) is 0 Å². The maximum atomic E-state index is 12.1. The molecule has 0 radical (unpaired) electrons. The molecule has 0 aliphatic carbocycles. The molecule has 0 saturated heterocycles. The number of urea groups is 1. The summed E-state index contributed by atoms with van der Waals surface area (Å²) in [7, 11) is 1.66. The van der Waals surface area contributed by atoms with E-state index in [2.05, 4.69) is 5.32 Å². The summed E-state index contributed by atoms with van der Waals surface area (Å²) in [6.45, 7) is 0.869. The zero-order chi connectivity index (χ0) is 15.5. The van der Waals surface area contributed by atoms with Crippen LogP contribution in [0.1, 0.15) is 19.3 Å². The quantitative estimate of drug-likeness (QED) is 0.684. The number of hydrogen-bond donors (Lipinski definition) is 2. The van der Waals surface area contributed by atoms with Crippen LogP contribution in [0, 0.1) is 0 Å². The number of amides is 2. The fourth-order valence-corrected chi connectivity index (χ4v) is 1.86. The number of para-hydroxylation sites is 1. The Kier molecular flexibility index (Phi) is 7.89. The van der Waals surface area contributed by atoms with Crippen LogP contribution in [0.15, 0.2) is 30.3 Å². The third-order valence-electron chi connectivity index (χ3n) is 2.91. The summed E-state index contributed by atoms with van der Waals surface area (Å²) in [5.41, 5.74) is 0.566. The largest absolute Gasteiger partial charge is 0.480 e. The highest BCUT2D eigenvalue weighted by atomic mass is 16.5. The number of carbonyl (C=O) groups excluding carboxylic acids is 1. The van der Waals surface area contributed by atoms with Crippen molar-refractivity contribution < 1.29 is 19.4 Å². The molecule has 0 aromatic heterocycles. The maximum Gasteiger partial charge on any atom is 0.323 e. The molecule has 1 aromatic rings. The first-order valence-corrected chi connectivity index (χ1v) is 6.96. The van der Waals surface area contributed by atoms with Gasteiger partial charge in [-0.1, -0.05) is 18.2 Å². The van der Waals surface area contributed by atoms with E-state index in [0.29, 0.717) is 18.8 Å². The van der Waals surface area contributed by atoms with Crippen LogP contribution in [0.2, 0.25) is 0 Å². The van der Waals surface area contributed by atoms with E-state index in [-0.39, 0.29) is 6.54 Å². The highest BCUT2D eigenvalue weighted by Gasteiger charge is 2.17. The summed E-state index contributed by atoms with van der Waals surface area (Å²) in [6.07, 6.45) is 2.74. The topological polar surface area (TPSA) is 78.9 Å². The van der Waals surface area contributed by atoms with Crippen LogP contribution >= 0.6 is 0 Å². The number of unbranched alkanes of at least 4 members (excludes halogenated alkanes) is 2. The van der Waals surface area contributed by atoms with Gasteiger partial charge in [-0.15, -0.1) is 0 Å². The van der Waals surface area contributed by atoms with Crippen molar-refractivity contribution in [3.8, 4) is 0 Å². The number of carboxylic acids is 1. The number of nitrogens with zero attached hydrogens (tertiary/aromatic N) is 1. The normalized spacial score (nSPS) is 10.1. The summed E-state index contributed by atoms with van der Waals surface area (Å²) < 4.78 is 4.95. The third-order valence-corrected chi connectivity index (χ3v) is 2.91. The smallest absolute Gasteiger partial charge is 0.323 e. The second-order valence-electron chi connectivity index (χ2n) is 4.60. The van der Waals surface area contributed by atoms with Gasteiger partial charge in [0, 0.05) is 25.9 Å². The van der Waals surface area contributed by atoms with E-state index in [4.69, 9.17) is 9.84 Å². The minimum absolute atomic E-state index is 0.362. The molecule has 0 heterocycles. The predicted octanol–water partition coefficient (Wildman–Crippen LogP) is 2.10. The number of aliphatic carboxylic acids is 1. The molecule has 2 N–H and O–H groups in total. The van der Waals surface area contributed by atoms with Gasteiger partial charge in [0.25, 0.3) is 0 Å². The number of carboxylic acid groups (broad SMARTS) is 1. The number of benzene rings is 1. The Morgan fingerprint density at radius 1 is 1.19 bits per heavy atom. The first-order chi connectivity index (χ1) is 10.1. The van der Waals surface area contributed by atoms with Crippen molar-refractivity contribution in [1.29, 1.82) is 0 Å². The van der Waals surface area contributed by atoms with E-state index >= 15 is 0 Å². The van der Waals surface area contributed by atoms with E-state index in [1.54, 1.807) is 31.4 Å². The molecule has 1 rings (SSSR count). The lowest BCUT2D eigenvalue weighted by molar-refractivity contribution is -0.135. The van der Waals surface area contributed by atoms with Crippen LogP contribution in [0.4, 0.5) is 10.5 Å². The number of carbonyl (C=O) groups is 2. The highest BCUT2D eigenvalue weighted by molar-refractivity contribution is 5.96. The number of rotatable bonds is 9. The van der Waals surface area contributed by atoms with Crippen molar-refractivity contribution in [1.82, 2.24) is 5.32 Å². The first kappa shape index (κ1) is 17.0. The van der Waals surface area contributed by atoms with Crippen LogP contribution in [-0.4, -0.2) is 43.9 Å². The van der Waals surface area contributed by atoms with Crippen molar-refractivity contribution in [2.75, 3.05) is 31.7 Å². The Morgan fingerprint density at radius 2 is 1.90 bits per heavy atom. The van der Waals surface area contributed by atoms with Crippen LogP contribution in [0.25, 0.3) is 0 Å². The summed E-state index contributed by atoms with van der Waals surface area (Å²) in [5.74, 6) is -1.05. The Labute approximate surface area is 124 Å². The average molecular weight is 294 g/mol. The molecule has 0 aliphatic rings. The molecule has 2 amide bonds. The summed E-state index contributed by atoms with van der Waals surface area (Å²) in [5, 5.41) is 11.7. The molecule has 0 fully saturated rings. The monoisotopic (exact) mass is 294 g/mol. The van der Waals surface area contributed by atoms with E-state index in [0.717, 1.165) is 19.3 Å². The van der Waals surface area contributed by atoms with Gasteiger partial charge in [-0.05, 0) is 31.4 Å². The first-order valence-electron chi connectivity index (χ1n) is 6.96. The molecule has 0 aliphatic heterocycles. The van der Waals surface area contributed by atoms with Crippen molar-refractivity contribution in [3.05, 3.63) is 30.3 Å². The summed E-state index contributed by atoms with van der Waals surface area (Å²) >= 11 is 0. The molecule has 6 nitrogen and oxygen atoms in total. The molecule has 0 unspecified atom stereocenters. The van der Waals surface area contributed by atoms with Crippen molar-refractivity contribution in [2.45, 2.75) is 19.3 Å². The van der Waals surface area contributed by atoms with Crippen LogP contribution in [0.5, 0.6) is 0 Å². The Morgan fingerprint density at radius 3 is 2.52 bits per heavy atom. The third kappa shape index (κ3) is 6.76. The highest BCUT2D eigenvalue weighted by Crippen LogP contribution is 2.13. The lowest BCUT2D eigenvalue weighted by Crippen LogP contribution is -2.43. The maximum absolute atomic E-state index is 12.1. The zero-order valence-electron chi connectivity index (χ0n) is 12.2. The van der Waals surface area contributed by atoms with E-state index in [1.807, 2.05) is 6.07 Å². The van der Waals surface area contributed by atoms with E-state index in [1.165, 1.54) is 4.90 Å². The number of ether oxygens (including phenoxy) is 1. The molecule has 0 bridgehead atoms. The number of anilines is 1. The number of methoxy groups -OCH3 is 1. The predicted molar refractivity (Wildman–Crippen MR) is 80.5 cm³/mol. The van der Waals surface area contributed by atoms with Gasteiger partial charge in [-0.25, -0.2) is 4.79 Å². The van der Waals surface area contributed by atoms with Crippen molar-refractivity contribution in [3.63, 3.8) is 0 Å². The zero-order valence-corrected chi connectivity index (χ0v) is 12.2. The molecule has 0 spiro atoms. The summed E-state index contributed by atoms with van der Waals surface area (Å²) in [6, 6.07) is 8.37. The molecule has 1 aromatic carbocycles. The van der Waals surface area contributed by atoms with Crippen molar-refractivity contribution >= 4 is 17.7 Å². The Bertz CT molecular complexity index is 437. The van der Waals surface area contributed by atoms with Crippen LogP contribution < -0.4 is 10.2 Å². The number of nitrogens with one attached hydrogen (secondary N) is 1. The Balaban J connectivity index is 2.47. The fraction of sp³-hybridized carbons (Fsp3) is 0.467. The van der Waals surface area contributed by atoms with Crippen molar-refractivity contribution in [2.24, 2.45) is 0 Å².